The molecule has 1 heterocycles. The number of Topliss-reactive ketones (excluding diaryl/α,β-unsaturated/α-hetero) is 1. The number of nitrogens with zero attached hydrogens (tertiary/aromatic N) is 2. The van der Waals surface area contributed by atoms with Gasteiger partial charge >= 0.3 is 0 Å². The predicted octanol–water partition coefficient (Wildman–Crippen LogP) is 1.94. The van der Waals surface area contributed by atoms with E-state index in [2.05, 4.69) is 0 Å². The Morgan fingerprint density at radius 1 is 1.05 bits per heavy atom. The highest BCUT2D eigenvalue weighted by Gasteiger charge is 2.15. The molecule has 0 saturated heterocycles. The van der Waals surface area contributed by atoms with Crippen molar-refractivity contribution in [3.8, 4) is 11.5 Å². The van der Waals surface area contributed by atoms with E-state index >= 15 is 0 Å². The first-order valence-corrected chi connectivity index (χ1v) is 6.97. The van der Waals surface area contributed by atoms with Crippen molar-refractivity contribution in [3.05, 3.63) is 48.3 Å². The summed E-state index contributed by atoms with van der Waals surface area (Å²) in [6.07, 6.45) is 3.79. The van der Waals surface area contributed by atoms with E-state index in [-0.39, 0.29) is 12.3 Å². The summed E-state index contributed by atoms with van der Waals surface area (Å²) >= 11 is 0. The Bertz CT molecular complexity index is 651. The number of ether oxygens (including phenoxy) is 2. The summed E-state index contributed by atoms with van der Waals surface area (Å²) in [5.74, 6) is 1.19. The zero-order valence-electron chi connectivity index (χ0n) is 13.4. The fourth-order valence-corrected chi connectivity index (χ4v) is 2.12. The Labute approximate surface area is 130 Å². The molecular formula is C17H21N2O3+. The number of carbonyl (C=O) groups is 1. The van der Waals surface area contributed by atoms with Crippen LogP contribution in [0.2, 0.25) is 0 Å². The zero-order valence-corrected chi connectivity index (χ0v) is 13.4. The van der Waals surface area contributed by atoms with Gasteiger partial charge in [-0.05, 0) is 18.2 Å². The van der Waals surface area contributed by atoms with Gasteiger partial charge in [-0.1, -0.05) is 0 Å². The van der Waals surface area contributed by atoms with Crippen molar-refractivity contribution in [2.75, 3.05) is 33.2 Å². The number of hydrogen-bond donors (Lipinski definition) is 0. The van der Waals surface area contributed by atoms with Gasteiger partial charge < -0.3 is 14.4 Å². The van der Waals surface area contributed by atoms with Crippen LogP contribution >= 0.6 is 0 Å². The van der Waals surface area contributed by atoms with Gasteiger partial charge in [-0.2, -0.15) is 4.57 Å². The van der Waals surface area contributed by atoms with Gasteiger partial charge in [0.1, 0.15) is 0 Å². The van der Waals surface area contributed by atoms with Gasteiger partial charge in [-0.3, -0.25) is 4.79 Å². The summed E-state index contributed by atoms with van der Waals surface area (Å²) in [5, 5.41) is 0. The van der Waals surface area contributed by atoms with Crippen LogP contribution in [0.5, 0.6) is 11.5 Å². The largest absolute Gasteiger partial charge is 0.493 e. The molecule has 0 unspecified atom stereocenters. The summed E-state index contributed by atoms with van der Waals surface area (Å²) in [6, 6.07) is 9.14. The third-order valence-corrected chi connectivity index (χ3v) is 3.42. The van der Waals surface area contributed by atoms with Gasteiger partial charge in [0.05, 0.1) is 14.2 Å². The molecule has 0 radical (unpaired) electrons. The standard InChI is InChI=1S/C17H21N2O3/c1-18(2)14-7-9-19(10-8-14)12-15(20)13-5-6-16(21-3)17(11-13)22-4/h5-11H,12H2,1-4H3/q+1. The highest BCUT2D eigenvalue weighted by molar-refractivity contribution is 5.95. The normalized spacial score (nSPS) is 10.2. The average molecular weight is 301 g/mol. The van der Waals surface area contributed by atoms with Crippen molar-refractivity contribution in [3.63, 3.8) is 0 Å². The Hall–Kier alpha value is -2.56. The minimum Gasteiger partial charge on any atom is -0.493 e. The molecule has 116 valence electrons. The monoisotopic (exact) mass is 301 g/mol. The van der Waals surface area contributed by atoms with Crippen molar-refractivity contribution in [2.45, 2.75) is 6.54 Å². The first kappa shape index (κ1) is 15.8. The van der Waals surface area contributed by atoms with Crippen LogP contribution in [0, 0.1) is 0 Å². The number of rotatable bonds is 6. The number of carbonyl (C=O) groups excluding carboxylic acids is 1. The summed E-state index contributed by atoms with van der Waals surface area (Å²) in [5.41, 5.74) is 1.69. The van der Waals surface area contributed by atoms with Gasteiger partial charge in [0, 0.05) is 37.5 Å². The van der Waals surface area contributed by atoms with E-state index in [0.717, 1.165) is 5.69 Å². The lowest BCUT2D eigenvalue weighted by Crippen LogP contribution is -2.37. The van der Waals surface area contributed by atoms with Crippen molar-refractivity contribution >= 4 is 11.5 Å². The predicted molar refractivity (Wildman–Crippen MR) is 84.8 cm³/mol. The average Bonchev–Trinajstić information content (AvgIpc) is 2.54. The number of methoxy groups -OCH3 is 2. The summed E-state index contributed by atoms with van der Waals surface area (Å²) in [6.45, 7) is 0.281. The van der Waals surface area contributed by atoms with Gasteiger partial charge in [0.15, 0.2) is 23.9 Å². The molecule has 0 atom stereocenters. The second-order valence-corrected chi connectivity index (χ2v) is 5.12. The highest BCUT2D eigenvalue weighted by atomic mass is 16.5. The van der Waals surface area contributed by atoms with E-state index in [9.17, 15) is 4.79 Å². The lowest BCUT2D eigenvalue weighted by Gasteiger charge is -2.10. The quantitative estimate of drug-likeness (QED) is 0.604. The molecular weight excluding hydrogens is 280 g/mol. The van der Waals surface area contributed by atoms with Gasteiger partial charge in [-0.15, -0.1) is 0 Å². The number of hydrogen-bond acceptors (Lipinski definition) is 4. The molecule has 0 amide bonds. The Kier molecular flexibility index (Phi) is 4.99. The van der Waals surface area contributed by atoms with Crippen LogP contribution in [-0.4, -0.2) is 34.1 Å². The summed E-state index contributed by atoms with van der Waals surface area (Å²) in [7, 11) is 7.09. The molecule has 1 aromatic carbocycles. The fourth-order valence-electron chi connectivity index (χ4n) is 2.12. The third-order valence-electron chi connectivity index (χ3n) is 3.42. The lowest BCUT2D eigenvalue weighted by atomic mass is 10.1. The number of aromatic nitrogens is 1. The molecule has 0 spiro atoms. The van der Waals surface area contributed by atoms with E-state index in [0.29, 0.717) is 17.1 Å². The van der Waals surface area contributed by atoms with Gasteiger partial charge in [0.25, 0.3) is 0 Å². The van der Waals surface area contributed by atoms with E-state index in [1.54, 1.807) is 32.4 Å². The number of pyridine rings is 1. The first-order valence-electron chi connectivity index (χ1n) is 6.97. The smallest absolute Gasteiger partial charge is 0.227 e. The number of ketones is 1. The molecule has 0 fully saturated rings. The molecule has 0 N–H and O–H groups in total. The third kappa shape index (κ3) is 3.55. The SMILES string of the molecule is COc1ccc(C(=O)C[n+]2ccc(N(C)C)cc2)cc1OC. The minimum atomic E-state index is 0.0172. The Balaban J connectivity index is 2.15. The lowest BCUT2D eigenvalue weighted by molar-refractivity contribution is -0.683. The first-order chi connectivity index (χ1) is 10.5. The summed E-state index contributed by atoms with van der Waals surface area (Å²) < 4.78 is 12.3. The number of anilines is 1. The second-order valence-electron chi connectivity index (χ2n) is 5.12. The maximum Gasteiger partial charge on any atom is 0.227 e. The van der Waals surface area contributed by atoms with Crippen molar-refractivity contribution < 1.29 is 18.8 Å². The molecule has 5 nitrogen and oxygen atoms in total. The molecule has 0 bridgehead atoms. The Morgan fingerprint density at radius 3 is 2.23 bits per heavy atom. The fraction of sp³-hybridized carbons (Fsp3) is 0.294. The molecule has 22 heavy (non-hydrogen) atoms. The van der Waals surface area contributed by atoms with Crippen LogP contribution in [-0.2, 0) is 6.54 Å². The molecule has 0 aliphatic rings. The van der Waals surface area contributed by atoms with Crippen LogP contribution in [0.3, 0.4) is 0 Å². The number of benzene rings is 1. The Morgan fingerprint density at radius 2 is 1.68 bits per heavy atom. The molecule has 0 aliphatic heterocycles. The maximum absolute atomic E-state index is 12.4. The molecule has 0 aliphatic carbocycles. The molecule has 5 heteroatoms. The van der Waals surface area contributed by atoms with Crippen LogP contribution in [0.15, 0.2) is 42.7 Å². The topological polar surface area (TPSA) is 42.7 Å². The zero-order chi connectivity index (χ0) is 16.1. The van der Waals surface area contributed by atoms with E-state index in [1.165, 1.54) is 0 Å². The van der Waals surface area contributed by atoms with Crippen LogP contribution in [0.1, 0.15) is 10.4 Å². The molecule has 1 aromatic heterocycles. The van der Waals surface area contributed by atoms with Crippen LogP contribution in [0.25, 0.3) is 0 Å². The highest BCUT2D eigenvalue weighted by Crippen LogP contribution is 2.27. The second kappa shape index (κ2) is 6.93. The maximum atomic E-state index is 12.4. The van der Waals surface area contributed by atoms with Gasteiger partial charge in [-0.25, -0.2) is 0 Å². The van der Waals surface area contributed by atoms with Crippen molar-refractivity contribution in [1.82, 2.24) is 0 Å². The molecule has 2 aromatic rings. The van der Waals surface area contributed by atoms with Crippen LogP contribution < -0.4 is 18.9 Å². The summed E-state index contributed by atoms with van der Waals surface area (Å²) in [4.78, 5) is 14.4. The van der Waals surface area contributed by atoms with E-state index < -0.39 is 0 Å². The van der Waals surface area contributed by atoms with E-state index in [1.807, 2.05) is 48.1 Å². The van der Waals surface area contributed by atoms with Crippen molar-refractivity contribution in [2.24, 2.45) is 0 Å². The molecule has 2 rings (SSSR count). The van der Waals surface area contributed by atoms with Crippen molar-refractivity contribution in [1.29, 1.82) is 0 Å². The molecule has 0 saturated carbocycles. The van der Waals surface area contributed by atoms with E-state index in [4.69, 9.17) is 9.47 Å². The minimum absolute atomic E-state index is 0.0172. The van der Waals surface area contributed by atoms with Gasteiger partial charge in [0.2, 0.25) is 12.3 Å². The van der Waals surface area contributed by atoms with Crippen LogP contribution in [0.4, 0.5) is 5.69 Å².